The van der Waals surface area contributed by atoms with E-state index in [-0.39, 0.29) is 19.2 Å². The van der Waals surface area contributed by atoms with E-state index in [0.717, 1.165) is 11.1 Å². The highest BCUT2D eigenvalue weighted by molar-refractivity contribution is 7.12. The number of benzene rings is 2. The summed E-state index contributed by atoms with van der Waals surface area (Å²) in [7, 11) is 3.18. The average Bonchev–Trinajstić information content (AvgIpc) is 3.64. The third-order valence-electron chi connectivity index (χ3n) is 5.42. The molecule has 0 aliphatic carbocycles. The average molecular weight is 479 g/mol. The molecule has 1 amide bonds. The zero-order valence-electron chi connectivity index (χ0n) is 18.6. The summed E-state index contributed by atoms with van der Waals surface area (Å²) in [6.07, 6.45) is 0. The number of methoxy groups -OCH3 is 2. The Morgan fingerprint density at radius 1 is 1.03 bits per heavy atom. The minimum atomic E-state index is -0.0840. The highest BCUT2D eigenvalue weighted by Gasteiger charge is 2.22. The van der Waals surface area contributed by atoms with Crippen LogP contribution in [0.5, 0.6) is 23.0 Å². The summed E-state index contributed by atoms with van der Waals surface area (Å²) in [5, 5.41) is 6.10. The molecule has 0 spiro atoms. The summed E-state index contributed by atoms with van der Waals surface area (Å²) in [5.41, 5.74) is 2.29. The Morgan fingerprint density at radius 3 is 2.71 bits per heavy atom. The first-order valence-corrected chi connectivity index (χ1v) is 11.4. The number of nitrogens with zero attached hydrogens (tertiary/aromatic N) is 2. The largest absolute Gasteiger partial charge is 0.497 e. The normalized spacial score (nSPS) is 11.9. The van der Waals surface area contributed by atoms with Crippen molar-refractivity contribution in [1.29, 1.82) is 0 Å². The molecular formula is C25H22N2O6S. The summed E-state index contributed by atoms with van der Waals surface area (Å²) < 4.78 is 27.2. The Kier molecular flexibility index (Phi) is 6.09. The van der Waals surface area contributed by atoms with Gasteiger partial charge in [-0.2, -0.15) is 0 Å². The first kappa shape index (κ1) is 21.8. The van der Waals surface area contributed by atoms with Gasteiger partial charge in [0, 0.05) is 18.7 Å². The smallest absolute Gasteiger partial charge is 0.264 e. The summed E-state index contributed by atoms with van der Waals surface area (Å²) in [4.78, 5) is 15.7. The van der Waals surface area contributed by atoms with E-state index in [1.165, 1.54) is 11.3 Å². The fourth-order valence-corrected chi connectivity index (χ4v) is 4.42. The Morgan fingerprint density at radius 2 is 1.91 bits per heavy atom. The zero-order chi connectivity index (χ0) is 23.5. The maximum absolute atomic E-state index is 13.3. The standard InChI is InChI=1S/C25H22N2O6S/c1-29-18-6-7-19(21(12-18)30-2)22-11-17(26-33-22)14-27(25(28)24-4-3-9-34-24)13-16-5-8-20-23(10-16)32-15-31-20/h3-12H,13-15H2,1-2H3. The molecule has 0 atom stereocenters. The fraction of sp³-hybridized carbons (Fsp3) is 0.200. The fourth-order valence-electron chi connectivity index (χ4n) is 3.73. The molecule has 3 heterocycles. The number of hydrogen-bond donors (Lipinski definition) is 0. The molecule has 5 rings (SSSR count). The van der Waals surface area contributed by atoms with E-state index in [2.05, 4.69) is 5.16 Å². The molecule has 1 aliphatic rings. The number of rotatable bonds is 8. The van der Waals surface area contributed by atoms with Crippen molar-refractivity contribution in [3.8, 4) is 34.3 Å². The third kappa shape index (κ3) is 4.42. The number of carbonyl (C=O) groups is 1. The number of hydrogen-bond acceptors (Lipinski definition) is 8. The van der Waals surface area contributed by atoms with Crippen LogP contribution in [0.1, 0.15) is 20.9 Å². The second-order valence-electron chi connectivity index (χ2n) is 7.57. The van der Waals surface area contributed by atoms with Gasteiger partial charge in [0.05, 0.1) is 31.2 Å². The zero-order valence-corrected chi connectivity index (χ0v) is 19.5. The molecular weight excluding hydrogens is 456 g/mol. The molecule has 8 nitrogen and oxygen atoms in total. The molecule has 34 heavy (non-hydrogen) atoms. The van der Waals surface area contributed by atoms with E-state index >= 15 is 0 Å². The number of fused-ring (bicyclic) bond motifs is 1. The first-order chi connectivity index (χ1) is 16.6. The van der Waals surface area contributed by atoms with Gasteiger partial charge in [0.15, 0.2) is 17.3 Å². The van der Waals surface area contributed by atoms with E-state index in [0.29, 0.717) is 45.9 Å². The quantitative estimate of drug-likeness (QED) is 0.353. The third-order valence-corrected chi connectivity index (χ3v) is 6.27. The van der Waals surface area contributed by atoms with E-state index in [1.54, 1.807) is 25.2 Å². The van der Waals surface area contributed by atoms with Crippen molar-refractivity contribution >= 4 is 17.2 Å². The Hall–Kier alpha value is -3.98. The van der Waals surface area contributed by atoms with Gasteiger partial charge >= 0.3 is 0 Å². The van der Waals surface area contributed by atoms with Crippen molar-refractivity contribution in [2.24, 2.45) is 0 Å². The number of thiophene rings is 1. The van der Waals surface area contributed by atoms with Crippen LogP contribution in [-0.4, -0.2) is 37.0 Å². The summed E-state index contributed by atoms with van der Waals surface area (Å²) in [6.45, 7) is 0.849. The van der Waals surface area contributed by atoms with Crippen molar-refractivity contribution in [3.63, 3.8) is 0 Å². The van der Waals surface area contributed by atoms with E-state index < -0.39 is 0 Å². The number of aromatic nitrogens is 1. The van der Waals surface area contributed by atoms with Gasteiger partial charge in [0.1, 0.15) is 17.2 Å². The maximum Gasteiger partial charge on any atom is 0.264 e. The molecule has 0 saturated carbocycles. The molecule has 174 valence electrons. The van der Waals surface area contributed by atoms with Crippen molar-refractivity contribution < 1.29 is 28.3 Å². The molecule has 0 N–H and O–H groups in total. The van der Waals surface area contributed by atoms with Crippen LogP contribution in [0.3, 0.4) is 0 Å². The lowest BCUT2D eigenvalue weighted by Gasteiger charge is -2.21. The van der Waals surface area contributed by atoms with Crippen molar-refractivity contribution in [2.75, 3.05) is 21.0 Å². The molecule has 0 unspecified atom stereocenters. The second-order valence-corrected chi connectivity index (χ2v) is 8.52. The van der Waals surface area contributed by atoms with Gasteiger partial charge in [-0.3, -0.25) is 4.79 Å². The topological polar surface area (TPSA) is 83.3 Å². The molecule has 4 aromatic rings. The predicted molar refractivity (Wildman–Crippen MR) is 126 cm³/mol. The van der Waals surface area contributed by atoms with Crippen LogP contribution < -0.4 is 18.9 Å². The maximum atomic E-state index is 13.3. The van der Waals surface area contributed by atoms with Crippen LogP contribution in [0.15, 0.2) is 64.5 Å². The van der Waals surface area contributed by atoms with E-state index in [9.17, 15) is 4.79 Å². The number of carbonyl (C=O) groups excluding carboxylic acids is 1. The van der Waals surface area contributed by atoms with E-state index in [1.807, 2.05) is 53.9 Å². The van der Waals surface area contributed by atoms with Crippen LogP contribution in [-0.2, 0) is 13.1 Å². The SMILES string of the molecule is COc1ccc(-c2cc(CN(Cc3ccc4c(c3)OCO4)C(=O)c3cccs3)no2)c(OC)c1. The Balaban J connectivity index is 1.41. The van der Waals surface area contributed by atoms with Crippen molar-refractivity contribution in [1.82, 2.24) is 10.1 Å². The Bertz CT molecular complexity index is 1300. The molecule has 2 aromatic carbocycles. The minimum Gasteiger partial charge on any atom is -0.497 e. The van der Waals surface area contributed by atoms with Gasteiger partial charge in [-0.15, -0.1) is 11.3 Å². The molecule has 0 radical (unpaired) electrons. The van der Waals surface area contributed by atoms with Gasteiger partial charge in [0.25, 0.3) is 5.91 Å². The molecule has 0 saturated heterocycles. The van der Waals surface area contributed by atoms with Crippen molar-refractivity contribution in [2.45, 2.75) is 13.1 Å². The highest BCUT2D eigenvalue weighted by atomic mass is 32.1. The first-order valence-electron chi connectivity index (χ1n) is 10.5. The highest BCUT2D eigenvalue weighted by Crippen LogP contribution is 2.35. The van der Waals surface area contributed by atoms with Crippen molar-refractivity contribution in [3.05, 3.63) is 76.1 Å². The molecule has 0 fully saturated rings. The van der Waals surface area contributed by atoms with Crippen LogP contribution in [0.2, 0.25) is 0 Å². The number of amides is 1. The van der Waals surface area contributed by atoms with Gasteiger partial charge in [-0.05, 0) is 41.3 Å². The van der Waals surface area contributed by atoms with Crippen LogP contribution >= 0.6 is 11.3 Å². The molecule has 1 aliphatic heterocycles. The minimum absolute atomic E-state index is 0.0840. The van der Waals surface area contributed by atoms with Crippen LogP contribution in [0.25, 0.3) is 11.3 Å². The molecule has 0 bridgehead atoms. The second kappa shape index (κ2) is 9.48. The predicted octanol–water partition coefficient (Wildman–Crippen LogP) is 4.99. The monoisotopic (exact) mass is 478 g/mol. The van der Waals surface area contributed by atoms with Gasteiger partial charge in [0.2, 0.25) is 6.79 Å². The van der Waals surface area contributed by atoms with Crippen LogP contribution in [0, 0.1) is 0 Å². The lowest BCUT2D eigenvalue weighted by atomic mass is 10.1. The van der Waals surface area contributed by atoms with Crippen LogP contribution in [0.4, 0.5) is 0 Å². The van der Waals surface area contributed by atoms with E-state index in [4.69, 9.17) is 23.5 Å². The summed E-state index contributed by atoms with van der Waals surface area (Å²) in [6, 6.07) is 16.6. The Labute approximate surface area is 200 Å². The van der Waals surface area contributed by atoms with Gasteiger partial charge in [-0.25, -0.2) is 0 Å². The molecule has 9 heteroatoms. The number of ether oxygens (including phenoxy) is 4. The van der Waals surface area contributed by atoms with Gasteiger partial charge < -0.3 is 28.4 Å². The summed E-state index contributed by atoms with van der Waals surface area (Å²) >= 11 is 1.40. The van der Waals surface area contributed by atoms with Gasteiger partial charge in [-0.1, -0.05) is 17.3 Å². The summed E-state index contributed by atoms with van der Waals surface area (Å²) in [5.74, 6) is 3.12. The lowest BCUT2D eigenvalue weighted by Crippen LogP contribution is -2.29. The molecule has 2 aromatic heterocycles. The lowest BCUT2D eigenvalue weighted by molar-refractivity contribution is 0.0731.